The summed E-state index contributed by atoms with van der Waals surface area (Å²) < 4.78 is 0. The Morgan fingerprint density at radius 2 is 2.10 bits per heavy atom. The number of amides is 1. The molecule has 0 aliphatic carbocycles. The molecule has 110 valence electrons. The maximum absolute atomic E-state index is 12.3. The van der Waals surface area contributed by atoms with Crippen LogP contribution in [0.5, 0.6) is 0 Å². The van der Waals surface area contributed by atoms with Gasteiger partial charge in [-0.05, 0) is 44.8 Å². The molecule has 0 radical (unpaired) electrons. The van der Waals surface area contributed by atoms with E-state index < -0.39 is 0 Å². The zero-order chi connectivity index (χ0) is 14.5. The van der Waals surface area contributed by atoms with Crippen LogP contribution in [0.15, 0.2) is 0 Å². The average Bonchev–Trinajstić information content (AvgIpc) is 3.05. The number of aromatic amines is 1. The number of aromatic nitrogens is 1. The molecule has 0 atom stereocenters. The van der Waals surface area contributed by atoms with Crippen LogP contribution in [0, 0.1) is 6.92 Å². The van der Waals surface area contributed by atoms with Gasteiger partial charge in [-0.2, -0.15) is 0 Å². The molecular formula is C15H23N3O2. The van der Waals surface area contributed by atoms with Crippen LogP contribution in [0.1, 0.15) is 51.9 Å². The monoisotopic (exact) mass is 277 g/mol. The molecule has 1 aliphatic heterocycles. The topological polar surface area (TPSA) is 65.2 Å². The fourth-order valence-corrected chi connectivity index (χ4v) is 2.79. The number of hydrogen-bond acceptors (Lipinski definition) is 3. The summed E-state index contributed by atoms with van der Waals surface area (Å²) in [5.74, 6) is -0.0807. The number of hydrogen-bond donors (Lipinski definition) is 2. The van der Waals surface area contributed by atoms with Crippen LogP contribution in [-0.2, 0) is 6.42 Å². The van der Waals surface area contributed by atoms with Crippen molar-refractivity contribution in [3.05, 3.63) is 22.5 Å². The van der Waals surface area contributed by atoms with E-state index in [0.717, 1.165) is 37.2 Å². The second kappa shape index (κ2) is 6.70. The first-order valence-electron chi connectivity index (χ1n) is 7.34. The van der Waals surface area contributed by atoms with Crippen molar-refractivity contribution in [1.29, 1.82) is 0 Å². The van der Waals surface area contributed by atoms with E-state index in [-0.39, 0.29) is 5.91 Å². The first kappa shape index (κ1) is 14.8. The van der Waals surface area contributed by atoms with Crippen molar-refractivity contribution in [1.82, 2.24) is 15.2 Å². The summed E-state index contributed by atoms with van der Waals surface area (Å²) in [6.45, 7) is 7.61. The van der Waals surface area contributed by atoms with Crippen LogP contribution >= 0.6 is 0 Å². The van der Waals surface area contributed by atoms with Crippen molar-refractivity contribution in [3.8, 4) is 0 Å². The largest absolute Gasteiger partial charge is 0.355 e. The van der Waals surface area contributed by atoms with Gasteiger partial charge in [0.15, 0.2) is 6.29 Å². The molecule has 0 unspecified atom stereocenters. The second-order valence-electron chi connectivity index (χ2n) is 5.29. The Balaban J connectivity index is 1.97. The highest BCUT2D eigenvalue weighted by molar-refractivity contribution is 5.99. The van der Waals surface area contributed by atoms with Gasteiger partial charge in [0.05, 0.1) is 11.3 Å². The molecule has 1 aromatic rings. The number of nitrogens with zero attached hydrogens (tertiary/aromatic N) is 1. The Bertz CT molecular complexity index is 488. The summed E-state index contributed by atoms with van der Waals surface area (Å²) in [5, 5.41) is 2.96. The van der Waals surface area contributed by atoms with Crippen molar-refractivity contribution in [2.75, 3.05) is 26.2 Å². The maximum Gasteiger partial charge on any atom is 0.253 e. The molecule has 0 saturated carbocycles. The molecule has 2 rings (SSSR count). The summed E-state index contributed by atoms with van der Waals surface area (Å²) in [6, 6.07) is 0. The van der Waals surface area contributed by atoms with Crippen LogP contribution < -0.4 is 5.32 Å². The van der Waals surface area contributed by atoms with Crippen molar-refractivity contribution >= 4 is 12.2 Å². The van der Waals surface area contributed by atoms with Gasteiger partial charge in [0.25, 0.3) is 5.91 Å². The van der Waals surface area contributed by atoms with Crippen LogP contribution in [0.4, 0.5) is 0 Å². The summed E-state index contributed by atoms with van der Waals surface area (Å²) in [6.07, 6.45) is 4.00. The van der Waals surface area contributed by atoms with Crippen molar-refractivity contribution in [3.63, 3.8) is 0 Å². The SMILES string of the molecule is CCc1[nH]c(C=O)c(C)c1C(=O)NCCN1CCCC1. The molecule has 0 bridgehead atoms. The number of nitrogens with one attached hydrogen (secondary N) is 2. The van der Waals surface area contributed by atoms with Gasteiger partial charge in [-0.25, -0.2) is 0 Å². The van der Waals surface area contributed by atoms with Crippen molar-refractivity contribution < 1.29 is 9.59 Å². The van der Waals surface area contributed by atoms with Gasteiger partial charge in [0, 0.05) is 18.8 Å². The lowest BCUT2D eigenvalue weighted by molar-refractivity contribution is 0.0948. The van der Waals surface area contributed by atoms with Gasteiger partial charge in [-0.3, -0.25) is 9.59 Å². The normalized spacial score (nSPS) is 15.5. The zero-order valence-electron chi connectivity index (χ0n) is 12.3. The Kier molecular flexibility index (Phi) is 4.95. The zero-order valence-corrected chi connectivity index (χ0v) is 12.3. The van der Waals surface area contributed by atoms with E-state index in [1.807, 2.05) is 13.8 Å². The number of carbonyl (C=O) groups excluding carboxylic acids is 2. The summed E-state index contributed by atoms with van der Waals surface area (Å²) in [5.41, 5.74) is 2.72. The van der Waals surface area contributed by atoms with Gasteiger partial charge < -0.3 is 15.2 Å². The van der Waals surface area contributed by atoms with E-state index in [0.29, 0.717) is 24.2 Å². The molecule has 1 saturated heterocycles. The molecule has 0 spiro atoms. The highest BCUT2D eigenvalue weighted by Crippen LogP contribution is 2.17. The molecule has 2 N–H and O–H groups in total. The van der Waals surface area contributed by atoms with E-state index in [2.05, 4.69) is 15.2 Å². The fourth-order valence-electron chi connectivity index (χ4n) is 2.79. The molecule has 5 nitrogen and oxygen atoms in total. The predicted molar refractivity (Wildman–Crippen MR) is 78.3 cm³/mol. The van der Waals surface area contributed by atoms with Gasteiger partial charge in [0.1, 0.15) is 0 Å². The van der Waals surface area contributed by atoms with Crippen LogP contribution in [-0.4, -0.2) is 48.3 Å². The molecule has 1 aliphatic rings. The Hall–Kier alpha value is -1.62. The maximum atomic E-state index is 12.3. The summed E-state index contributed by atoms with van der Waals surface area (Å²) in [4.78, 5) is 28.6. The average molecular weight is 277 g/mol. The number of aldehydes is 1. The van der Waals surface area contributed by atoms with Crippen molar-refractivity contribution in [2.45, 2.75) is 33.1 Å². The summed E-state index contributed by atoms with van der Waals surface area (Å²) in [7, 11) is 0. The smallest absolute Gasteiger partial charge is 0.253 e. The summed E-state index contributed by atoms with van der Waals surface area (Å²) >= 11 is 0. The van der Waals surface area contributed by atoms with E-state index >= 15 is 0 Å². The highest BCUT2D eigenvalue weighted by Gasteiger charge is 2.19. The number of rotatable bonds is 6. The first-order chi connectivity index (χ1) is 9.67. The molecule has 1 aromatic heterocycles. The van der Waals surface area contributed by atoms with Gasteiger partial charge in [-0.15, -0.1) is 0 Å². The van der Waals surface area contributed by atoms with Gasteiger partial charge in [0.2, 0.25) is 0 Å². The molecule has 20 heavy (non-hydrogen) atoms. The third-order valence-electron chi connectivity index (χ3n) is 3.98. The van der Waals surface area contributed by atoms with Gasteiger partial charge in [-0.1, -0.05) is 6.92 Å². The highest BCUT2D eigenvalue weighted by atomic mass is 16.1. The third kappa shape index (κ3) is 3.10. The van der Waals surface area contributed by atoms with Crippen LogP contribution in [0.25, 0.3) is 0 Å². The minimum Gasteiger partial charge on any atom is -0.355 e. The Labute approximate surface area is 119 Å². The number of carbonyl (C=O) groups is 2. The van der Waals surface area contributed by atoms with E-state index in [1.54, 1.807) is 0 Å². The first-order valence-corrected chi connectivity index (χ1v) is 7.34. The minimum absolute atomic E-state index is 0.0807. The fraction of sp³-hybridized carbons (Fsp3) is 0.600. The Morgan fingerprint density at radius 1 is 1.40 bits per heavy atom. The predicted octanol–water partition coefficient (Wildman–Crippen LogP) is 1.52. The van der Waals surface area contributed by atoms with Crippen LogP contribution in [0.3, 0.4) is 0 Å². The lowest BCUT2D eigenvalue weighted by atomic mass is 10.1. The molecule has 1 fully saturated rings. The third-order valence-corrected chi connectivity index (χ3v) is 3.98. The van der Waals surface area contributed by atoms with E-state index in [1.165, 1.54) is 12.8 Å². The quantitative estimate of drug-likeness (QED) is 0.775. The van der Waals surface area contributed by atoms with Crippen LogP contribution in [0.2, 0.25) is 0 Å². The molecule has 5 heteroatoms. The lowest BCUT2D eigenvalue weighted by Gasteiger charge is -2.15. The molecule has 1 amide bonds. The van der Waals surface area contributed by atoms with Crippen molar-refractivity contribution in [2.24, 2.45) is 0 Å². The standard InChI is InChI=1S/C15H23N3O2/c1-3-12-14(11(2)13(10-19)17-12)15(20)16-6-9-18-7-4-5-8-18/h10,17H,3-9H2,1-2H3,(H,16,20). The van der Waals surface area contributed by atoms with E-state index in [4.69, 9.17) is 0 Å². The molecule has 2 heterocycles. The lowest BCUT2D eigenvalue weighted by Crippen LogP contribution is -2.34. The molecular weight excluding hydrogens is 254 g/mol. The Morgan fingerprint density at radius 3 is 2.70 bits per heavy atom. The number of aryl methyl sites for hydroxylation is 1. The van der Waals surface area contributed by atoms with E-state index in [9.17, 15) is 9.59 Å². The molecule has 0 aromatic carbocycles. The van der Waals surface area contributed by atoms with Gasteiger partial charge >= 0.3 is 0 Å². The minimum atomic E-state index is -0.0807. The number of likely N-dealkylation sites (tertiary alicyclic amines) is 1. The number of H-pyrrole nitrogens is 1. The second-order valence-corrected chi connectivity index (χ2v) is 5.29.